The molecular weight excluding hydrogens is 358 g/mol. The molecule has 0 fully saturated rings. The molecule has 0 spiro atoms. The lowest BCUT2D eigenvalue weighted by atomic mass is 10.1. The first kappa shape index (κ1) is 15.1. The second-order valence-electron chi connectivity index (χ2n) is 4.65. The predicted octanol–water partition coefficient (Wildman–Crippen LogP) is 3.00. The van der Waals surface area contributed by atoms with Crippen LogP contribution in [0.3, 0.4) is 0 Å². The highest BCUT2D eigenvalue weighted by Gasteiger charge is 2.10. The zero-order chi connectivity index (χ0) is 16.1. The average Bonchev–Trinajstić information content (AvgIpc) is 3.06. The van der Waals surface area contributed by atoms with Crippen LogP contribution in [0.4, 0.5) is 0 Å². The minimum absolute atomic E-state index is 0.342. The Bertz CT molecular complexity index is 827. The molecule has 114 valence electrons. The molecule has 0 aliphatic carbocycles. The number of carbonyl (C=O) groups is 1. The van der Waals surface area contributed by atoms with Crippen molar-refractivity contribution in [1.82, 2.24) is 20.6 Å². The van der Waals surface area contributed by atoms with Gasteiger partial charge in [0.1, 0.15) is 5.69 Å². The maximum atomic E-state index is 12.0. The van der Waals surface area contributed by atoms with E-state index in [0.29, 0.717) is 11.4 Å². The highest BCUT2D eigenvalue weighted by Crippen LogP contribution is 2.20. The first-order valence-electron chi connectivity index (χ1n) is 6.77. The summed E-state index contributed by atoms with van der Waals surface area (Å²) >= 11 is 3.38. The molecule has 0 atom stereocenters. The second-order valence-corrected chi connectivity index (χ2v) is 5.57. The average molecular weight is 370 g/mol. The van der Waals surface area contributed by atoms with E-state index in [-0.39, 0.29) is 5.91 Å². The van der Waals surface area contributed by atoms with Crippen molar-refractivity contribution < 1.29 is 4.79 Å². The van der Waals surface area contributed by atoms with E-state index in [1.807, 2.05) is 24.3 Å². The van der Waals surface area contributed by atoms with Crippen molar-refractivity contribution in [3.63, 3.8) is 0 Å². The van der Waals surface area contributed by atoms with Crippen LogP contribution in [0.25, 0.3) is 11.3 Å². The van der Waals surface area contributed by atoms with Crippen LogP contribution in [0.15, 0.2) is 64.4 Å². The van der Waals surface area contributed by atoms with E-state index in [0.717, 1.165) is 15.6 Å². The third kappa shape index (κ3) is 3.89. The molecule has 7 heteroatoms. The van der Waals surface area contributed by atoms with E-state index in [1.54, 1.807) is 36.8 Å². The lowest BCUT2D eigenvalue weighted by Gasteiger charge is -1.96. The van der Waals surface area contributed by atoms with Crippen molar-refractivity contribution in [1.29, 1.82) is 0 Å². The van der Waals surface area contributed by atoms with Crippen LogP contribution in [0.5, 0.6) is 0 Å². The third-order valence-corrected chi connectivity index (χ3v) is 3.58. The van der Waals surface area contributed by atoms with Gasteiger partial charge in [-0.05, 0) is 35.9 Å². The number of benzene rings is 1. The molecule has 2 aromatic heterocycles. The van der Waals surface area contributed by atoms with E-state index < -0.39 is 0 Å². The summed E-state index contributed by atoms with van der Waals surface area (Å²) in [7, 11) is 0. The fourth-order valence-corrected chi connectivity index (χ4v) is 2.15. The molecule has 3 aromatic rings. The molecule has 1 amide bonds. The van der Waals surface area contributed by atoms with Gasteiger partial charge < -0.3 is 0 Å². The molecule has 0 aliphatic rings. The first-order chi connectivity index (χ1) is 11.2. The topological polar surface area (TPSA) is 83.0 Å². The van der Waals surface area contributed by atoms with Crippen LogP contribution in [0.2, 0.25) is 0 Å². The van der Waals surface area contributed by atoms with Gasteiger partial charge in [0.05, 0.1) is 11.9 Å². The number of hydrogen-bond acceptors (Lipinski definition) is 4. The van der Waals surface area contributed by atoms with Crippen LogP contribution in [0, 0.1) is 0 Å². The molecule has 1 aromatic carbocycles. The van der Waals surface area contributed by atoms with E-state index in [9.17, 15) is 4.79 Å². The highest BCUT2D eigenvalue weighted by molar-refractivity contribution is 9.10. The van der Waals surface area contributed by atoms with E-state index in [2.05, 4.69) is 41.6 Å². The van der Waals surface area contributed by atoms with Gasteiger partial charge >= 0.3 is 0 Å². The van der Waals surface area contributed by atoms with Gasteiger partial charge in [0.25, 0.3) is 5.91 Å². The summed E-state index contributed by atoms with van der Waals surface area (Å²) in [6.07, 6.45) is 4.86. The van der Waals surface area contributed by atoms with Crippen LogP contribution in [0.1, 0.15) is 16.1 Å². The summed E-state index contributed by atoms with van der Waals surface area (Å²) in [4.78, 5) is 15.9. The third-order valence-electron chi connectivity index (χ3n) is 3.05. The molecule has 0 unspecified atom stereocenters. The number of rotatable bonds is 4. The van der Waals surface area contributed by atoms with Gasteiger partial charge in [0.15, 0.2) is 0 Å². The lowest BCUT2D eigenvalue weighted by Crippen LogP contribution is -2.17. The van der Waals surface area contributed by atoms with Gasteiger partial charge in [0, 0.05) is 22.4 Å². The van der Waals surface area contributed by atoms with Crippen molar-refractivity contribution in [2.24, 2.45) is 5.10 Å². The molecular formula is C16H12BrN5O. The number of aromatic nitrogens is 3. The summed E-state index contributed by atoms with van der Waals surface area (Å²) < 4.78 is 0.986. The molecule has 23 heavy (non-hydrogen) atoms. The smallest absolute Gasteiger partial charge is 0.272 e. The zero-order valence-electron chi connectivity index (χ0n) is 11.9. The van der Waals surface area contributed by atoms with Crippen molar-refractivity contribution in [2.75, 3.05) is 0 Å². The number of hydrogen-bond donors (Lipinski definition) is 2. The molecule has 3 rings (SSSR count). The van der Waals surface area contributed by atoms with E-state index >= 15 is 0 Å². The summed E-state index contributed by atoms with van der Waals surface area (Å²) in [5.74, 6) is -0.355. The fourth-order valence-electron chi connectivity index (χ4n) is 1.88. The molecule has 0 bridgehead atoms. The van der Waals surface area contributed by atoms with Crippen LogP contribution >= 0.6 is 15.9 Å². The molecule has 2 heterocycles. The van der Waals surface area contributed by atoms with Crippen molar-refractivity contribution in [3.05, 3.63) is 70.6 Å². The van der Waals surface area contributed by atoms with Crippen molar-refractivity contribution in [3.8, 4) is 11.3 Å². The summed E-state index contributed by atoms with van der Waals surface area (Å²) in [5, 5.41) is 10.8. The molecule has 0 aliphatic heterocycles. The van der Waals surface area contributed by atoms with Gasteiger partial charge in [-0.2, -0.15) is 10.2 Å². The largest absolute Gasteiger partial charge is 0.289 e. The zero-order valence-corrected chi connectivity index (χ0v) is 13.5. The van der Waals surface area contributed by atoms with Crippen LogP contribution in [-0.4, -0.2) is 27.3 Å². The number of nitrogens with zero attached hydrogens (tertiary/aromatic N) is 3. The molecule has 2 N–H and O–H groups in total. The summed E-state index contributed by atoms with van der Waals surface area (Å²) in [5.41, 5.74) is 5.26. The predicted molar refractivity (Wildman–Crippen MR) is 91.0 cm³/mol. The Labute approximate surface area is 140 Å². The normalized spacial score (nSPS) is 10.8. The summed E-state index contributed by atoms with van der Waals surface area (Å²) in [6.45, 7) is 0. The standard InChI is InChI=1S/C16H12BrN5O/c17-13-3-1-12(2-4-13)14-9-15(21-20-14)16(23)22-19-10-11-5-7-18-8-6-11/h1-10H,(H,20,21)(H,22,23). The van der Waals surface area contributed by atoms with Crippen LogP contribution < -0.4 is 5.43 Å². The number of pyridine rings is 1. The Kier molecular flexibility index (Phi) is 4.58. The number of halogens is 1. The van der Waals surface area contributed by atoms with E-state index in [1.165, 1.54) is 0 Å². The van der Waals surface area contributed by atoms with Gasteiger partial charge in [-0.1, -0.05) is 28.1 Å². The first-order valence-corrected chi connectivity index (χ1v) is 7.56. The van der Waals surface area contributed by atoms with E-state index in [4.69, 9.17) is 0 Å². The lowest BCUT2D eigenvalue weighted by molar-refractivity contribution is 0.0950. The molecule has 0 radical (unpaired) electrons. The Hall–Kier alpha value is -2.80. The number of hydrazone groups is 1. The van der Waals surface area contributed by atoms with Gasteiger partial charge in [0.2, 0.25) is 0 Å². The Morgan fingerprint density at radius 2 is 1.91 bits per heavy atom. The molecule has 6 nitrogen and oxygen atoms in total. The number of aromatic amines is 1. The monoisotopic (exact) mass is 369 g/mol. The number of H-pyrrole nitrogens is 1. The van der Waals surface area contributed by atoms with Crippen LogP contribution in [-0.2, 0) is 0 Å². The van der Waals surface area contributed by atoms with Gasteiger partial charge in [-0.15, -0.1) is 0 Å². The molecule has 0 saturated heterocycles. The SMILES string of the molecule is O=C(NN=Cc1ccncc1)c1cc(-c2ccc(Br)cc2)n[nH]1. The summed E-state index contributed by atoms with van der Waals surface area (Å²) in [6, 6.07) is 12.9. The second kappa shape index (κ2) is 6.97. The maximum Gasteiger partial charge on any atom is 0.289 e. The number of nitrogens with one attached hydrogen (secondary N) is 2. The van der Waals surface area contributed by atoms with Crippen molar-refractivity contribution in [2.45, 2.75) is 0 Å². The Morgan fingerprint density at radius 3 is 2.65 bits per heavy atom. The number of amides is 1. The molecule has 0 saturated carbocycles. The fraction of sp³-hybridized carbons (Fsp3) is 0. The van der Waals surface area contributed by atoms with Gasteiger partial charge in [-0.25, -0.2) is 5.43 Å². The highest BCUT2D eigenvalue weighted by atomic mass is 79.9. The minimum atomic E-state index is -0.355. The maximum absolute atomic E-state index is 12.0. The van der Waals surface area contributed by atoms with Crippen molar-refractivity contribution >= 4 is 28.1 Å². The van der Waals surface area contributed by atoms with Gasteiger partial charge in [-0.3, -0.25) is 14.9 Å². The Balaban J connectivity index is 1.67. The minimum Gasteiger partial charge on any atom is -0.272 e. The quantitative estimate of drug-likeness (QED) is 0.547. The number of carbonyl (C=O) groups excluding carboxylic acids is 1. The Morgan fingerprint density at radius 1 is 1.17 bits per heavy atom.